The number of benzene rings is 1. The molecule has 1 amide bonds. The number of hydrogen-bond acceptors (Lipinski definition) is 5. The van der Waals surface area contributed by atoms with E-state index in [-0.39, 0.29) is 11.4 Å². The van der Waals surface area contributed by atoms with E-state index < -0.39 is 19.1 Å². The molecule has 0 unspecified atom stereocenters. The second-order valence-electron chi connectivity index (χ2n) is 5.72. The van der Waals surface area contributed by atoms with E-state index in [1.165, 1.54) is 25.3 Å². The van der Waals surface area contributed by atoms with Gasteiger partial charge in [0.1, 0.15) is 0 Å². The minimum absolute atomic E-state index is 0.137. The summed E-state index contributed by atoms with van der Waals surface area (Å²) in [6, 6.07) is 5.04. The number of methoxy groups -OCH3 is 1. The maximum absolute atomic E-state index is 11.6. The third kappa shape index (κ3) is 5.82. The molecular weight excluding hydrogens is 292 g/mol. The van der Waals surface area contributed by atoms with Crippen LogP contribution in [0.1, 0.15) is 0 Å². The summed E-state index contributed by atoms with van der Waals surface area (Å²) in [5, 5.41) is 13.4. The molecule has 0 aromatic heterocycles. The zero-order valence-corrected chi connectivity index (χ0v) is 13.6. The van der Waals surface area contributed by atoms with E-state index in [0.29, 0.717) is 12.3 Å². The number of carbonyl (C=O) groups excluding carboxylic acids is 1. The second kappa shape index (κ2) is 7.07. The Balaban J connectivity index is 2.64. The van der Waals surface area contributed by atoms with Crippen molar-refractivity contribution in [2.24, 2.45) is 0 Å². The van der Waals surface area contributed by atoms with Crippen LogP contribution in [0.25, 0.3) is 0 Å². The monoisotopic (exact) mass is 312 g/mol. The average molecular weight is 312 g/mol. The van der Waals surface area contributed by atoms with Crippen LogP contribution in [-0.2, 0) is 4.74 Å². The van der Waals surface area contributed by atoms with Gasteiger partial charge in [0.2, 0.25) is 0 Å². The summed E-state index contributed by atoms with van der Waals surface area (Å²) >= 11 is 0. The van der Waals surface area contributed by atoms with Gasteiger partial charge in [0.05, 0.1) is 24.3 Å². The van der Waals surface area contributed by atoms with Crippen molar-refractivity contribution in [2.45, 2.75) is 25.7 Å². The van der Waals surface area contributed by atoms with Crippen molar-refractivity contribution in [1.29, 1.82) is 0 Å². The molecule has 0 heterocycles. The molecule has 1 aromatic carbocycles. The molecule has 0 aliphatic heterocycles. The predicted molar refractivity (Wildman–Crippen MR) is 82.8 cm³/mol. The lowest BCUT2D eigenvalue weighted by atomic mass is 10.2. The van der Waals surface area contributed by atoms with E-state index in [0.717, 1.165) is 6.04 Å². The average Bonchev–Trinajstić information content (AvgIpc) is 2.37. The van der Waals surface area contributed by atoms with E-state index in [2.05, 4.69) is 25.0 Å². The molecule has 7 nitrogen and oxygen atoms in total. The van der Waals surface area contributed by atoms with Gasteiger partial charge in [0.15, 0.2) is 5.75 Å². The molecule has 1 rings (SSSR count). The summed E-state index contributed by atoms with van der Waals surface area (Å²) in [5.74, 6) is 0.137. The number of nitrogens with zero attached hydrogens (tertiary/aromatic N) is 1. The van der Waals surface area contributed by atoms with Crippen molar-refractivity contribution in [3.8, 4) is 5.75 Å². The molecule has 21 heavy (non-hydrogen) atoms. The van der Waals surface area contributed by atoms with Gasteiger partial charge in [-0.05, 0) is 18.2 Å². The highest BCUT2D eigenvalue weighted by Crippen LogP contribution is 2.29. The topological polar surface area (TPSA) is 90.7 Å². The number of hydrogen-bond donors (Lipinski definition) is 1. The Hall–Kier alpha value is -2.09. The molecule has 0 aliphatic carbocycles. The largest absolute Gasteiger partial charge is 0.490 e. The van der Waals surface area contributed by atoms with Gasteiger partial charge >= 0.3 is 11.8 Å². The first kappa shape index (κ1) is 17.0. The lowest BCUT2D eigenvalue weighted by Crippen LogP contribution is -2.24. The second-order valence-corrected chi connectivity index (χ2v) is 11.3. The highest BCUT2D eigenvalue weighted by molar-refractivity contribution is 6.76. The zero-order chi connectivity index (χ0) is 16.0. The minimum atomic E-state index is -1.26. The van der Waals surface area contributed by atoms with Gasteiger partial charge in [0.25, 0.3) is 0 Å². The standard InChI is InChI=1S/C13H20N2O5Si/c1-19-12-6-5-10(9-11(12)15(17)18)14-13(16)20-7-8-21(2,3)4/h5-6,9H,7-8H2,1-4H3,(H,14,16). The van der Waals surface area contributed by atoms with Gasteiger partial charge in [-0.1, -0.05) is 19.6 Å². The smallest absolute Gasteiger partial charge is 0.411 e. The molecule has 0 fully saturated rings. The van der Waals surface area contributed by atoms with Crippen molar-refractivity contribution < 1.29 is 19.2 Å². The van der Waals surface area contributed by atoms with Crippen molar-refractivity contribution >= 4 is 25.5 Å². The molecule has 8 heteroatoms. The summed E-state index contributed by atoms with van der Waals surface area (Å²) in [7, 11) is 0.0841. The van der Waals surface area contributed by atoms with Gasteiger partial charge in [0, 0.05) is 14.1 Å². The molecule has 0 saturated heterocycles. The molecule has 0 spiro atoms. The third-order valence-corrected chi connectivity index (χ3v) is 4.41. The quantitative estimate of drug-likeness (QED) is 0.493. The lowest BCUT2D eigenvalue weighted by molar-refractivity contribution is -0.385. The fraction of sp³-hybridized carbons (Fsp3) is 0.462. The van der Waals surface area contributed by atoms with Crippen LogP contribution in [0.15, 0.2) is 18.2 Å². The van der Waals surface area contributed by atoms with Crippen LogP contribution in [0.4, 0.5) is 16.2 Å². The van der Waals surface area contributed by atoms with E-state index in [9.17, 15) is 14.9 Å². The number of ether oxygens (including phenoxy) is 2. The number of amides is 1. The Morgan fingerprint density at radius 2 is 2.05 bits per heavy atom. The fourth-order valence-corrected chi connectivity index (χ4v) is 2.23. The Kier molecular flexibility index (Phi) is 5.71. The molecule has 1 aromatic rings. The Morgan fingerprint density at radius 1 is 1.38 bits per heavy atom. The third-order valence-electron chi connectivity index (χ3n) is 2.71. The normalized spacial score (nSPS) is 10.9. The van der Waals surface area contributed by atoms with Gasteiger partial charge in [-0.3, -0.25) is 15.4 Å². The highest BCUT2D eigenvalue weighted by atomic mass is 28.3. The maximum atomic E-state index is 11.6. The molecular formula is C13H20N2O5Si. The lowest BCUT2D eigenvalue weighted by Gasteiger charge is -2.15. The van der Waals surface area contributed by atoms with E-state index in [1.807, 2.05) is 0 Å². The Bertz CT molecular complexity index is 528. The zero-order valence-electron chi connectivity index (χ0n) is 12.6. The molecule has 0 radical (unpaired) electrons. The number of nitro groups is 1. The molecule has 0 bridgehead atoms. The van der Waals surface area contributed by atoms with Crippen LogP contribution in [0.3, 0.4) is 0 Å². The van der Waals surface area contributed by atoms with Crippen molar-refractivity contribution in [1.82, 2.24) is 0 Å². The first-order valence-electron chi connectivity index (χ1n) is 6.49. The van der Waals surface area contributed by atoms with Crippen molar-refractivity contribution in [3.05, 3.63) is 28.3 Å². The van der Waals surface area contributed by atoms with Crippen LogP contribution >= 0.6 is 0 Å². The minimum Gasteiger partial charge on any atom is -0.490 e. The Labute approximate surface area is 124 Å². The van der Waals surface area contributed by atoms with E-state index in [1.54, 1.807) is 0 Å². The summed E-state index contributed by atoms with van der Waals surface area (Å²) in [6.07, 6.45) is -0.618. The summed E-state index contributed by atoms with van der Waals surface area (Å²) in [5.41, 5.74) is 0.0814. The molecule has 0 aliphatic rings. The molecule has 116 valence electrons. The van der Waals surface area contributed by atoms with Crippen molar-refractivity contribution in [3.63, 3.8) is 0 Å². The maximum Gasteiger partial charge on any atom is 0.411 e. The molecule has 1 N–H and O–H groups in total. The number of anilines is 1. The summed E-state index contributed by atoms with van der Waals surface area (Å²) < 4.78 is 9.95. The Morgan fingerprint density at radius 3 is 2.57 bits per heavy atom. The van der Waals surface area contributed by atoms with Crippen LogP contribution in [0, 0.1) is 10.1 Å². The van der Waals surface area contributed by atoms with Crippen LogP contribution in [0.2, 0.25) is 25.7 Å². The van der Waals surface area contributed by atoms with Gasteiger partial charge in [-0.25, -0.2) is 4.79 Å². The van der Waals surface area contributed by atoms with Gasteiger partial charge in [-0.2, -0.15) is 0 Å². The number of nitrogens with one attached hydrogen (secondary N) is 1. The molecule has 0 saturated carbocycles. The first-order chi connectivity index (χ1) is 9.73. The van der Waals surface area contributed by atoms with Crippen LogP contribution < -0.4 is 10.1 Å². The summed E-state index contributed by atoms with van der Waals surface area (Å²) in [4.78, 5) is 21.9. The number of carbonyl (C=O) groups is 1. The fourth-order valence-electron chi connectivity index (χ4n) is 1.51. The van der Waals surface area contributed by atoms with Crippen LogP contribution in [-0.4, -0.2) is 32.8 Å². The predicted octanol–water partition coefficient (Wildman–Crippen LogP) is 3.49. The van der Waals surface area contributed by atoms with E-state index >= 15 is 0 Å². The number of nitro benzene ring substituents is 1. The van der Waals surface area contributed by atoms with Crippen LogP contribution in [0.5, 0.6) is 5.75 Å². The molecule has 0 atom stereocenters. The van der Waals surface area contributed by atoms with Gasteiger partial charge < -0.3 is 9.47 Å². The first-order valence-corrected chi connectivity index (χ1v) is 10.2. The van der Waals surface area contributed by atoms with Crippen molar-refractivity contribution in [2.75, 3.05) is 19.0 Å². The summed E-state index contributed by atoms with van der Waals surface area (Å²) in [6.45, 7) is 6.89. The van der Waals surface area contributed by atoms with Gasteiger partial charge in [-0.15, -0.1) is 0 Å². The van der Waals surface area contributed by atoms with E-state index in [4.69, 9.17) is 9.47 Å². The number of rotatable bonds is 6. The highest BCUT2D eigenvalue weighted by Gasteiger charge is 2.17. The SMILES string of the molecule is COc1ccc(NC(=O)OCC[Si](C)(C)C)cc1[N+](=O)[O-].